The van der Waals surface area contributed by atoms with E-state index in [1.54, 1.807) is 0 Å². The third kappa shape index (κ3) is 6.76. The Morgan fingerprint density at radius 2 is 0.444 bits per heavy atom. The first-order valence-corrected chi connectivity index (χ1v) is 11.8. The number of rotatable bonds is 0. The topological polar surface area (TPSA) is 0 Å². The minimum Gasteiger partial charge on any atom is -0.0879 e. The molecular formula is C12H18Br6. The Bertz CT molecular complexity index is 175. The third-order valence-electron chi connectivity index (χ3n) is 3.33. The lowest BCUT2D eigenvalue weighted by Crippen LogP contribution is -2.25. The predicted octanol–water partition coefficient (Wildman–Crippen LogP) is 6.92. The van der Waals surface area contributed by atoms with Crippen LogP contribution in [0.15, 0.2) is 0 Å². The number of alkyl halides is 6. The second-order valence-corrected chi connectivity index (χ2v) is 11.9. The summed E-state index contributed by atoms with van der Waals surface area (Å²) in [4.78, 5) is 3.36. The van der Waals surface area contributed by atoms with Gasteiger partial charge in [-0.15, -0.1) is 0 Å². The lowest BCUT2D eigenvalue weighted by atomic mass is 11.0. The van der Waals surface area contributed by atoms with Gasteiger partial charge in [0.1, 0.15) is 0 Å². The van der Waals surface area contributed by atoms with Crippen LogP contribution in [0.2, 0.25) is 0 Å². The normalized spacial score (nSPS) is 45.0. The summed E-state index contributed by atoms with van der Waals surface area (Å²) in [7, 11) is 0. The van der Waals surface area contributed by atoms with Crippen LogP contribution in [0.1, 0.15) is 38.5 Å². The van der Waals surface area contributed by atoms with Crippen LogP contribution in [0.5, 0.6) is 0 Å². The molecule has 0 bridgehead atoms. The van der Waals surface area contributed by atoms with Crippen molar-refractivity contribution >= 4 is 95.6 Å². The first kappa shape index (κ1) is 18.9. The summed E-state index contributed by atoms with van der Waals surface area (Å²) in [6.45, 7) is 0. The van der Waals surface area contributed by atoms with Crippen molar-refractivity contribution in [1.29, 1.82) is 0 Å². The zero-order chi connectivity index (χ0) is 13.7. The highest BCUT2D eigenvalue weighted by molar-refractivity contribution is 9.13. The van der Waals surface area contributed by atoms with Crippen LogP contribution in [0.25, 0.3) is 0 Å². The van der Waals surface area contributed by atoms with E-state index in [2.05, 4.69) is 95.6 Å². The van der Waals surface area contributed by atoms with Gasteiger partial charge < -0.3 is 0 Å². The van der Waals surface area contributed by atoms with E-state index in [1.807, 2.05) is 0 Å². The smallest absolute Gasteiger partial charge is 0.0271 e. The second-order valence-electron chi connectivity index (χ2n) is 4.83. The lowest BCUT2D eigenvalue weighted by Gasteiger charge is -2.25. The molecule has 0 aromatic rings. The van der Waals surface area contributed by atoms with Crippen LogP contribution >= 0.6 is 95.6 Å². The van der Waals surface area contributed by atoms with Crippen molar-refractivity contribution in [1.82, 2.24) is 0 Å². The number of hydrogen-bond acceptors (Lipinski definition) is 0. The van der Waals surface area contributed by atoms with E-state index in [0.29, 0.717) is 29.0 Å². The van der Waals surface area contributed by atoms with Gasteiger partial charge in [-0.2, -0.15) is 0 Å². The van der Waals surface area contributed by atoms with Gasteiger partial charge in [-0.1, -0.05) is 95.6 Å². The summed E-state index contributed by atoms with van der Waals surface area (Å²) in [6.07, 6.45) is 7.24. The summed E-state index contributed by atoms with van der Waals surface area (Å²) in [5.41, 5.74) is 0. The Morgan fingerprint density at radius 1 is 0.333 bits per heavy atom. The Balaban J connectivity index is 2.61. The van der Waals surface area contributed by atoms with E-state index >= 15 is 0 Å². The Labute approximate surface area is 161 Å². The van der Waals surface area contributed by atoms with E-state index < -0.39 is 0 Å². The minimum atomic E-state index is 0.560. The van der Waals surface area contributed by atoms with E-state index in [4.69, 9.17) is 0 Å². The number of halogens is 6. The van der Waals surface area contributed by atoms with Gasteiger partial charge >= 0.3 is 0 Å². The van der Waals surface area contributed by atoms with Crippen LogP contribution in [0.4, 0.5) is 0 Å². The highest BCUT2D eigenvalue weighted by Crippen LogP contribution is 2.34. The molecular weight excluding hydrogens is 635 g/mol. The van der Waals surface area contributed by atoms with Crippen molar-refractivity contribution in [3.8, 4) is 0 Å². The second kappa shape index (κ2) is 9.81. The molecule has 108 valence electrons. The molecule has 0 nitrogen and oxygen atoms in total. The molecule has 0 spiro atoms. The first-order chi connectivity index (χ1) is 8.41. The summed E-state index contributed by atoms with van der Waals surface area (Å²) in [5.74, 6) is 0. The van der Waals surface area contributed by atoms with Crippen molar-refractivity contribution in [3.63, 3.8) is 0 Å². The predicted molar refractivity (Wildman–Crippen MR) is 104 cm³/mol. The van der Waals surface area contributed by atoms with Crippen molar-refractivity contribution in [3.05, 3.63) is 0 Å². The van der Waals surface area contributed by atoms with Gasteiger partial charge in [-0.05, 0) is 38.5 Å². The molecule has 6 heteroatoms. The maximum Gasteiger partial charge on any atom is 0.0271 e. The van der Waals surface area contributed by atoms with E-state index in [1.165, 1.54) is 38.5 Å². The highest BCUT2D eigenvalue weighted by Gasteiger charge is 2.25. The molecule has 1 fully saturated rings. The van der Waals surface area contributed by atoms with Crippen molar-refractivity contribution in [2.24, 2.45) is 0 Å². The molecule has 1 saturated carbocycles. The Morgan fingerprint density at radius 3 is 0.556 bits per heavy atom. The molecule has 0 amide bonds. The monoisotopic (exact) mass is 648 g/mol. The fraction of sp³-hybridized carbons (Fsp3) is 1.00. The molecule has 0 aromatic heterocycles. The molecule has 0 aromatic carbocycles. The molecule has 0 radical (unpaired) electrons. The highest BCUT2D eigenvalue weighted by atomic mass is 79.9. The average Bonchev–Trinajstić information content (AvgIpc) is 2.36. The van der Waals surface area contributed by atoms with Crippen LogP contribution in [-0.2, 0) is 0 Å². The fourth-order valence-corrected chi connectivity index (χ4v) is 5.21. The van der Waals surface area contributed by atoms with Gasteiger partial charge in [0.2, 0.25) is 0 Å². The van der Waals surface area contributed by atoms with E-state index in [-0.39, 0.29) is 0 Å². The molecule has 18 heavy (non-hydrogen) atoms. The van der Waals surface area contributed by atoms with E-state index in [9.17, 15) is 0 Å². The zero-order valence-corrected chi connectivity index (χ0v) is 19.5. The van der Waals surface area contributed by atoms with Gasteiger partial charge in [0.15, 0.2) is 0 Å². The molecule has 1 unspecified atom stereocenters. The van der Waals surface area contributed by atoms with Crippen LogP contribution in [0.3, 0.4) is 0 Å². The maximum absolute atomic E-state index is 3.82. The van der Waals surface area contributed by atoms with Crippen molar-refractivity contribution in [2.75, 3.05) is 0 Å². The molecule has 1 aliphatic carbocycles. The van der Waals surface area contributed by atoms with Crippen LogP contribution in [0, 0.1) is 0 Å². The molecule has 0 saturated heterocycles. The largest absolute Gasteiger partial charge is 0.0879 e. The standard InChI is InChI=1S/C12H18Br6/c13-7-1-2-8(14)10(16)5-6-12(18)11(17)4-3-9(7)15/h7-12H,1-6H2/t7-,8+,9+,10-,11-,12?/m0/s1/i1+1,2+1,3+1,4+1,5+1,6+1,7+1,8+1,9+1,10+1,11+1,12+1. The first-order valence-electron chi connectivity index (χ1n) is 6.26. The lowest BCUT2D eigenvalue weighted by molar-refractivity contribution is 0.557. The summed E-state index contributed by atoms with van der Waals surface area (Å²) in [5, 5.41) is 0. The zero-order valence-electron chi connectivity index (χ0n) is 9.97. The molecule has 6 atom stereocenters. The maximum atomic E-state index is 3.82. The van der Waals surface area contributed by atoms with E-state index in [0.717, 1.165) is 0 Å². The van der Waals surface area contributed by atoms with Gasteiger partial charge in [0, 0.05) is 29.0 Å². The Kier molecular flexibility index (Phi) is 10.3. The van der Waals surface area contributed by atoms with Gasteiger partial charge in [0.05, 0.1) is 0 Å². The molecule has 1 rings (SSSR count). The van der Waals surface area contributed by atoms with Crippen LogP contribution in [-0.4, -0.2) is 29.0 Å². The van der Waals surface area contributed by atoms with Gasteiger partial charge in [-0.3, -0.25) is 0 Å². The summed E-state index contributed by atoms with van der Waals surface area (Å²) >= 11 is 22.9. The third-order valence-corrected chi connectivity index (χ3v) is 12.0. The van der Waals surface area contributed by atoms with Crippen molar-refractivity contribution in [2.45, 2.75) is 67.5 Å². The van der Waals surface area contributed by atoms with Crippen molar-refractivity contribution < 1.29 is 0 Å². The summed E-state index contributed by atoms with van der Waals surface area (Å²) < 4.78 is 0. The Hall–Kier alpha value is 2.88. The fourth-order valence-electron chi connectivity index (χ4n) is 2.04. The SMILES string of the molecule is Br[13CH]1[13CH2][13CH2][13C@H](Br)[13C@H](Br)[13CH2][13CH2][13C@H](Br)[13C@H](Br)[13CH2][13CH2][13C@@H]1Br. The van der Waals surface area contributed by atoms with Gasteiger partial charge in [0.25, 0.3) is 0 Å². The molecule has 0 aliphatic heterocycles. The average molecular weight is 654 g/mol. The van der Waals surface area contributed by atoms with Gasteiger partial charge in [-0.25, -0.2) is 0 Å². The molecule has 0 heterocycles. The molecule has 0 N–H and O–H groups in total. The minimum absolute atomic E-state index is 0.560. The summed E-state index contributed by atoms with van der Waals surface area (Å²) in [6, 6.07) is 0. The van der Waals surface area contributed by atoms with Crippen LogP contribution < -0.4 is 0 Å². The quantitative estimate of drug-likeness (QED) is 0.197. The number of hydrogen-bond donors (Lipinski definition) is 0. The molecule has 1 aliphatic rings.